The number of aromatic nitrogens is 1. The lowest BCUT2D eigenvalue weighted by Gasteiger charge is -2.11. The van der Waals surface area contributed by atoms with Crippen molar-refractivity contribution < 1.29 is 14.6 Å². The number of hydrogen-bond donors (Lipinski definition) is 1. The third-order valence-electron chi connectivity index (χ3n) is 2.85. The smallest absolute Gasteiger partial charge is 0.314 e. The first-order valence-electron chi connectivity index (χ1n) is 4.85. The van der Waals surface area contributed by atoms with Gasteiger partial charge in [-0.3, -0.25) is 4.79 Å². The van der Waals surface area contributed by atoms with Crippen LogP contribution in [0.1, 0.15) is 24.1 Å². The van der Waals surface area contributed by atoms with Gasteiger partial charge in [0.25, 0.3) is 0 Å². The van der Waals surface area contributed by atoms with E-state index in [0.717, 1.165) is 11.3 Å². The zero-order valence-corrected chi connectivity index (χ0v) is 8.78. The van der Waals surface area contributed by atoms with Crippen molar-refractivity contribution in [2.24, 2.45) is 0 Å². The maximum absolute atomic E-state index is 11.1. The molecule has 0 saturated heterocycles. The molecule has 0 spiro atoms. The van der Waals surface area contributed by atoms with Gasteiger partial charge in [0.05, 0.1) is 12.5 Å². The maximum atomic E-state index is 11.1. The standard InChI is InChI=1S/C11H13NO3/c1-7-5-8(6-9(12-7)15-2)11(3-4-11)10(13)14/h5-6H,3-4H2,1-2H3,(H,13,14). The van der Waals surface area contributed by atoms with E-state index in [1.165, 1.54) is 7.11 Å². The molecule has 1 heterocycles. The topological polar surface area (TPSA) is 59.4 Å². The lowest BCUT2D eigenvalue weighted by atomic mass is 9.96. The van der Waals surface area contributed by atoms with Crippen LogP contribution in [0.25, 0.3) is 0 Å². The second-order valence-corrected chi connectivity index (χ2v) is 3.93. The number of hydrogen-bond acceptors (Lipinski definition) is 3. The highest BCUT2D eigenvalue weighted by atomic mass is 16.5. The molecule has 4 heteroatoms. The Kier molecular flexibility index (Phi) is 2.14. The second kappa shape index (κ2) is 3.22. The Bertz CT molecular complexity index is 410. The van der Waals surface area contributed by atoms with Crippen LogP contribution in [0.3, 0.4) is 0 Å². The molecular weight excluding hydrogens is 194 g/mol. The first-order chi connectivity index (χ1) is 7.08. The summed E-state index contributed by atoms with van der Waals surface area (Å²) in [6, 6.07) is 3.54. The fourth-order valence-electron chi connectivity index (χ4n) is 1.77. The van der Waals surface area contributed by atoms with Gasteiger partial charge in [0.15, 0.2) is 0 Å². The van der Waals surface area contributed by atoms with Crippen molar-refractivity contribution in [1.82, 2.24) is 4.98 Å². The predicted molar refractivity (Wildman–Crippen MR) is 54.1 cm³/mol. The molecule has 0 aromatic carbocycles. The summed E-state index contributed by atoms with van der Waals surface area (Å²) < 4.78 is 5.03. The van der Waals surface area contributed by atoms with E-state index in [0.29, 0.717) is 18.7 Å². The average molecular weight is 207 g/mol. The largest absolute Gasteiger partial charge is 0.481 e. The summed E-state index contributed by atoms with van der Waals surface area (Å²) in [4.78, 5) is 15.3. The van der Waals surface area contributed by atoms with Gasteiger partial charge in [-0.15, -0.1) is 0 Å². The summed E-state index contributed by atoms with van der Waals surface area (Å²) in [6.07, 6.45) is 1.41. The summed E-state index contributed by atoms with van der Waals surface area (Å²) in [7, 11) is 1.53. The number of rotatable bonds is 3. The van der Waals surface area contributed by atoms with Crippen molar-refractivity contribution in [3.05, 3.63) is 23.4 Å². The molecule has 1 saturated carbocycles. The minimum Gasteiger partial charge on any atom is -0.481 e. The van der Waals surface area contributed by atoms with Gasteiger partial charge in [0.1, 0.15) is 0 Å². The van der Waals surface area contributed by atoms with E-state index in [9.17, 15) is 4.79 Å². The Balaban J connectivity index is 2.44. The van der Waals surface area contributed by atoms with Gasteiger partial charge >= 0.3 is 5.97 Å². The summed E-state index contributed by atoms with van der Waals surface area (Å²) in [5, 5.41) is 9.15. The van der Waals surface area contributed by atoms with Gasteiger partial charge in [-0.05, 0) is 31.4 Å². The number of ether oxygens (including phenoxy) is 1. The summed E-state index contributed by atoms with van der Waals surface area (Å²) in [5.74, 6) is -0.271. The van der Waals surface area contributed by atoms with Crippen LogP contribution in [-0.2, 0) is 10.2 Å². The summed E-state index contributed by atoms with van der Waals surface area (Å²) in [5.41, 5.74) is 0.914. The number of carboxylic acid groups (broad SMARTS) is 1. The van der Waals surface area contributed by atoms with Gasteiger partial charge in [0, 0.05) is 11.8 Å². The van der Waals surface area contributed by atoms with Crippen LogP contribution in [0.15, 0.2) is 12.1 Å². The zero-order chi connectivity index (χ0) is 11.1. The molecule has 1 aliphatic rings. The molecule has 0 unspecified atom stereocenters. The van der Waals surface area contributed by atoms with Crippen LogP contribution in [0.4, 0.5) is 0 Å². The lowest BCUT2D eigenvalue weighted by Crippen LogP contribution is -2.19. The SMILES string of the molecule is COc1cc(C2(C(=O)O)CC2)cc(C)n1. The Labute approximate surface area is 87.9 Å². The van der Waals surface area contributed by atoms with Gasteiger partial charge < -0.3 is 9.84 Å². The molecule has 4 nitrogen and oxygen atoms in total. The molecule has 1 aromatic heterocycles. The van der Waals surface area contributed by atoms with Crippen LogP contribution in [0.2, 0.25) is 0 Å². The van der Waals surface area contributed by atoms with Gasteiger partial charge in [-0.2, -0.15) is 0 Å². The molecule has 1 fully saturated rings. The van der Waals surface area contributed by atoms with Crippen molar-refractivity contribution in [3.8, 4) is 5.88 Å². The number of carbonyl (C=O) groups is 1. The third-order valence-corrected chi connectivity index (χ3v) is 2.85. The van der Waals surface area contributed by atoms with Gasteiger partial charge in [0.2, 0.25) is 5.88 Å². The highest BCUT2D eigenvalue weighted by molar-refractivity contribution is 5.85. The van der Waals surface area contributed by atoms with E-state index in [-0.39, 0.29) is 0 Å². The van der Waals surface area contributed by atoms with E-state index >= 15 is 0 Å². The highest BCUT2D eigenvalue weighted by Crippen LogP contribution is 2.49. The van der Waals surface area contributed by atoms with Crippen LogP contribution in [0, 0.1) is 6.92 Å². The first-order valence-corrected chi connectivity index (χ1v) is 4.85. The molecule has 0 radical (unpaired) electrons. The van der Waals surface area contributed by atoms with Gasteiger partial charge in [-0.25, -0.2) is 4.98 Å². The second-order valence-electron chi connectivity index (χ2n) is 3.93. The van der Waals surface area contributed by atoms with E-state index in [2.05, 4.69) is 4.98 Å². The first kappa shape index (κ1) is 9.96. The van der Waals surface area contributed by atoms with Crippen LogP contribution < -0.4 is 4.74 Å². The molecular formula is C11H13NO3. The normalized spacial score (nSPS) is 17.2. The summed E-state index contributed by atoms with van der Waals surface area (Å²) >= 11 is 0. The Hall–Kier alpha value is -1.58. The Morgan fingerprint density at radius 1 is 1.53 bits per heavy atom. The van der Waals surface area contributed by atoms with Crippen molar-refractivity contribution in [3.63, 3.8) is 0 Å². The van der Waals surface area contributed by atoms with Crippen LogP contribution >= 0.6 is 0 Å². The molecule has 1 aliphatic carbocycles. The quantitative estimate of drug-likeness (QED) is 0.816. The fourth-order valence-corrected chi connectivity index (χ4v) is 1.77. The molecule has 1 aromatic rings. The van der Waals surface area contributed by atoms with E-state index < -0.39 is 11.4 Å². The predicted octanol–water partition coefficient (Wildman–Crippen LogP) is 1.51. The van der Waals surface area contributed by atoms with E-state index in [4.69, 9.17) is 9.84 Å². The molecule has 1 N–H and O–H groups in total. The van der Waals surface area contributed by atoms with Gasteiger partial charge in [-0.1, -0.05) is 0 Å². The van der Waals surface area contributed by atoms with E-state index in [1.807, 2.05) is 13.0 Å². The number of pyridine rings is 1. The zero-order valence-electron chi connectivity index (χ0n) is 8.78. The molecule has 2 rings (SSSR count). The fraction of sp³-hybridized carbons (Fsp3) is 0.455. The Morgan fingerprint density at radius 3 is 2.67 bits per heavy atom. The Morgan fingerprint density at radius 2 is 2.20 bits per heavy atom. The number of nitrogens with zero attached hydrogens (tertiary/aromatic N) is 1. The van der Waals surface area contributed by atoms with Crippen molar-refractivity contribution in [2.75, 3.05) is 7.11 Å². The molecule has 0 atom stereocenters. The summed E-state index contributed by atoms with van der Waals surface area (Å²) in [6.45, 7) is 1.84. The number of methoxy groups -OCH3 is 1. The lowest BCUT2D eigenvalue weighted by molar-refractivity contribution is -0.140. The van der Waals surface area contributed by atoms with Crippen LogP contribution in [0.5, 0.6) is 5.88 Å². The van der Waals surface area contributed by atoms with Crippen molar-refractivity contribution >= 4 is 5.97 Å². The number of aliphatic carboxylic acids is 1. The number of carboxylic acids is 1. The highest BCUT2D eigenvalue weighted by Gasteiger charge is 2.52. The third kappa shape index (κ3) is 1.56. The molecule has 0 bridgehead atoms. The maximum Gasteiger partial charge on any atom is 0.314 e. The molecule has 0 amide bonds. The molecule has 15 heavy (non-hydrogen) atoms. The van der Waals surface area contributed by atoms with E-state index in [1.54, 1.807) is 6.07 Å². The monoisotopic (exact) mass is 207 g/mol. The van der Waals surface area contributed by atoms with Crippen molar-refractivity contribution in [1.29, 1.82) is 0 Å². The minimum atomic E-state index is -0.754. The van der Waals surface area contributed by atoms with Crippen molar-refractivity contribution in [2.45, 2.75) is 25.2 Å². The van der Waals surface area contributed by atoms with Crippen LogP contribution in [-0.4, -0.2) is 23.2 Å². The molecule has 0 aliphatic heterocycles. The minimum absolute atomic E-state index is 0.484. The average Bonchev–Trinajstić information content (AvgIpc) is 2.97. The number of aryl methyl sites for hydroxylation is 1. The molecule has 80 valence electrons.